The van der Waals surface area contributed by atoms with E-state index in [0.29, 0.717) is 5.75 Å². The van der Waals surface area contributed by atoms with E-state index >= 15 is 0 Å². The molecule has 10 heteroatoms. The molecule has 198 valence electrons. The lowest BCUT2D eigenvalue weighted by Crippen LogP contribution is -2.51. The van der Waals surface area contributed by atoms with Gasteiger partial charge in [0.15, 0.2) is 0 Å². The Morgan fingerprint density at radius 2 is 1.47 bits per heavy atom. The highest BCUT2D eigenvalue weighted by atomic mass is 32.2. The third-order valence-corrected chi connectivity index (χ3v) is 7.04. The molecule has 0 bridgehead atoms. The van der Waals surface area contributed by atoms with Crippen LogP contribution in [0.5, 0.6) is 11.5 Å². The number of benzene rings is 2. The van der Waals surface area contributed by atoms with Crippen LogP contribution in [-0.2, 0) is 14.8 Å². The number of aryl methyl sites for hydroxylation is 2. The van der Waals surface area contributed by atoms with Gasteiger partial charge in [-0.25, -0.2) is 18.0 Å². The summed E-state index contributed by atoms with van der Waals surface area (Å²) in [7, 11) is -4.11. The van der Waals surface area contributed by atoms with Crippen molar-refractivity contribution in [2.75, 3.05) is 26.2 Å². The zero-order valence-electron chi connectivity index (χ0n) is 22.0. The fraction of sp³-hybridized carbons (Fsp3) is 0.462. The highest BCUT2D eigenvalue weighted by Crippen LogP contribution is 2.33. The number of carboxylic acids is 1. The standard InChI is InChI=1S/C24H30N2O7S.C2H6/c1-16-12-17(2)14-19(13-16)32-20-7-6-18(22(27)28)15-21(20)34(30,31)26-10-8-25(9-11-26)23(29)33-24(3,4)5;1-2/h6-7,12-15H,8-11H2,1-5H3,(H,27,28);1-2H3. The van der Waals surface area contributed by atoms with Crippen molar-refractivity contribution in [3.8, 4) is 11.5 Å². The SMILES string of the molecule is CC.Cc1cc(C)cc(Oc2ccc(C(=O)O)cc2S(=O)(=O)N2CCN(C(=O)OC(C)(C)C)CC2)c1. The summed E-state index contributed by atoms with van der Waals surface area (Å²) in [5.41, 5.74) is 1.07. The van der Waals surface area contributed by atoms with Crippen LogP contribution in [0, 0.1) is 13.8 Å². The molecular formula is C26H36N2O7S. The van der Waals surface area contributed by atoms with Gasteiger partial charge < -0.3 is 19.5 Å². The molecule has 2 aromatic rings. The second-order valence-electron chi connectivity index (χ2n) is 9.26. The van der Waals surface area contributed by atoms with Crippen LogP contribution in [0.2, 0.25) is 0 Å². The highest BCUT2D eigenvalue weighted by Gasteiger charge is 2.34. The minimum atomic E-state index is -4.11. The molecule has 0 spiro atoms. The van der Waals surface area contributed by atoms with E-state index < -0.39 is 27.7 Å². The van der Waals surface area contributed by atoms with Crippen molar-refractivity contribution in [3.05, 3.63) is 53.1 Å². The van der Waals surface area contributed by atoms with Crippen molar-refractivity contribution >= 4 is 22.1 Å². The summed E-state index contributed by atoms with van der Waals surface area (Å²) in [6, 6.07) is 9.27. The molecule has 1 N–H and O–H groups in total. The first-order valence-electron chi connectivity index (χ1n) is 11.9. The van der Waals surface area contributed by atoms with Crippen LogP contribution in [-0.4, -0.2) is 66.6 Å². The van der Waals surface area contributed by atoms with E-state index in [0.717, 1.165) is 17.2 Å². The van der Waals surface area contributed by atoms with E-state index in [4.69, 9.17) is 9.47 Å². The number of carbonyl (C=O) groups is 2. The van der Waals surface area contributed by atoms with Crippen molar-refractivity contribution in [2.24, 2.45) is 0 Å². The van der Waals surface area contributed by atoms with Crippen molar-refractivity contribution in [2.45, 2.75) is 59.0 Å². The first-order chi connectivity index (χ1) is 16.8. The van der Waals surface area contributed by atoms with Gasteiger partial charge in [-0.2, -0.15) is 4.31 Å². The number of carbonyl (C=O) groups excluding carboxylic acids is 1. The van der Waals surface area contributed by atoms with Crippen molar-refractivity contribution in [1.82, 2.24) is 9.21 Å². The molecule has 0 aromatic heterocycles. The van der Waals surface area contributed by atoms with Gasteiger partial charge in [0.25, 0.3) is 0 Å². The van der Waals surface area contributed by atoms with E-state index in [2.05, 4.69) is 0 Å². The predicted molar refractivity (Wildman–Crippen MR) is 137 cm³/mol. The molecule has 1 amide bonds. The number of ether oxygens (including phenoxy) is 2. The summed E-state index contributed by atoms with van der Waals surface area (Å²) < 4.78 is 39.6. The number of hydrogen-bond acceptors (Lipinski definition) is 6. The van der Waals surface area contributed by atoms with Gasteiger partial charge in [-0.1, -0.05) is 19.9 Å². The molecule has 0 atom stereocenters. The third kappa shape index (κ3) is 7.44. The second kappa shape index (κ2) is 11.7. The molecule has 9 nitrogen and oxygen atoms in total. The molecule has 0 unspecified atom stereocenters. The number of amides is 1. The molecule has 3 rings (SSSR count). The lowest BCUT2D eigenvalue weighted by atomic mass is 10.1. The highest BCUT2D eigenvalue weighted by molar-refractivity contribution is 7.89. The van der Waals surface area contributed by atoms with Gasteiger partial charge in [0.1, 0.15) is 22.0 Å². The number of piperazine rings is 1. The molecule has 1 heterocycles. The van der Waals surface area contributed by atoms with Crippen LogP contribution in [0.15, 0.2) is 41.3 Å². The topological polar surface area (TPSA) is 113 Å². The number of hydrogen-bond donors (Lipinski definition) is 1. The summed E-state index contributed by atoms with van der Waals surface area (Å²) in [6.07, 6.45) is -0.503. The minimum Gasteiger partial charge on any atom is -0.478 e. The molecule has 1 aliphatic heterocycles. The molecule has 2 aromatic carbocycles. The Labute approximate surface area is 213 Å². The van der Waals surface area contributed by atoms with Crippen molar-refractivity contribution < 1.29 is 32.6 Å². The number of rotatable bonds is 5. The van der Waals surface area contributed by atoms with Crippen molar-refractivity contribution in [1.29, 1.82) is 0 Å². The Bertz CT molecular complexity index is 1180. The molecular weight excluding hydrogens is 484 g/mol. The van der Waals surface area contributed by atoms with Gasteiger partial charge in [0.2, 0.25) is 10.0 Å². The van der Waals surface area contributed by atoms with Crippen molar-refractivity contribution in [3.63, 3.8) is 0 Å². The molecule has 0 aliphatic carbocycles. The molecule has 0 radical (unpaired) electrons. The normalized spacial score (nSPS) is 14.5. The first kappa shape index (κ1) is 29.1. The molecule has 1 saturated heterocycles. The largest absolute Gasteiger partial charge is 0.478 e. The number of carboxylic acid groups (broad SMARTS) is 1. The van der Waals surface area contributed by atoms with Crippen LogP contribution in [0.25, 0.3) is 0 Å². The summed E-state index contributed by atoms with van der Waals surface area (Å²) in [5, 5.41) is 9.42. The summed E-state index contributed by atoms with van der Waals surface area (Å²) in [5.74, 6) is -0.763. The number of sulfonamides is 1. The van der Waals surface area contributed by atoms with Crippen LogP contribution < -0.4 is 4.74 Å². The smallest absolute Gasteiger partial charge is 0.410 e. The monoisotopic (exact) mass is 520 g/mol. The van der Waals surface area contributed by atoms with Gasteiger partial charge in [0.05, 0.1) is 5.56 Å². The Balaban J connectivity index is 0.00000222. The van der Waals surface area contributed by atoms with E-state index in [9.17, 15) is 23.1 Å². The van der Waals surface area contributed by atoms with E-state index in [1.807, 2.05) is 33.8 Å². The Hall–Kier alpha value is -3.11. The Morgan fingerprint density at radius 1 is 0.917 bits per heavy atom. The van der Waals surface area contributed by atoms with Gasteiger partial charge in [-0.3, -0.25) is 0 Å². The number of aromatic carboxylic acids is 1. The fourth-order valence-corrected chi connectivity index (χ4v) is 5.18. The lowest BCUT2D eigenvalue weighted by molar-refractivity contribution is 0.0192. The lowest BCUT2D eigenvalue weighted by Gasteiger charge is -2.35. The van der Waals surface area contributed by atoms with Crippen LogP contribution in [0.1, 0.15) is 56.1 Å². The van der Waals surface area contributed by atoms with Crippen LogP contribution in [0.4, 0.5) is 4.79 Å². The first-order valence-corrected chi connectivity index (χ1v) is 13.3. The minimum absolute atomic E-state index is 0.0320. The van der Waals surface area contributed by atoms with Gasteiger partial charge >= 0.3 is 12.1 Å². The van der Waals surface area contributed by atoms with E-state index in [1.165, 1.54) is 21.3 Å². The predicted octanol–water partition coefficient (Wildman–Crippen LogP) is 5.06. The zero-order chi connectivity index (χ0) is 27.3. The maximum absolute atomic E-state index is 13.5. The molecule has 1 aliphatic rings. The van der Waals surface area contributed by atoms with Gasteiger partial charge in [-0.05, 0) is 76.1 Å². The van der Waals surface area contributed by atoms with Gasteiger partial charge in [-0.15, -0.1) is 0 Å². The maximum atomic E-state index is 13.5. The van der Waals surface area contributed by atoms with E-state index in [-0.39, 0.29) is 42.4 Å². The quantitative estimate of drug-likeness (QED) is 0.586. The zero-order valence-corrected chi connectivity index (χ0v) is 22.8. The number of nitrogens with zero attached hydrogens (tertiary/aromatic N) is 2. The molecule has 36 heavy (non-hydrogen) atoms. The molecule has 0 saturated carbocycles. The average Bonchev–Trinajstić information content (AvgIpc) is 2.78. The average molecular weight is 521 g/mol. The Morgan fingerprint density at radius 3 is 1.97 bits per heavy atom. The summed E-state index contributed by atoms with van der Waals surface area (Å²) in [6.45, 7) is 13.5. The van der Waals surface area contributed by atoms with Crippen LogP contribution >= 0.6 is 0 Å². The van der Waals surface area contributed by atoms with Gasteiger partial charge in [0, 0.05) is 26.2 Å². The third-order valence-electron chi connectivity index (χ3n) is 5.12. The summed E-state index contributed by atoms with van der Waals surface area (Å²) >= 11 is 0. The van der Waals surface area contributed by atoms with E-state index in [1.54, 1.807) is 32.9 Å². The summed E-state index contributed by atoms with van der Waals surface area (Å²) in [4.78, 5) is 25.1. The molecule has 1 fully saturated rings. The maximum Gasteiger partial charge on any atom is 0.410 e. The Kier molecular flexibility index (Phi) is 9.51. The fourth-order valence-electron chi connectivity index (χ4n) is 3.62. The second-order valence-corrected chi connectivity index (χ2v) is 11.2. The van der Waals surface area contributed by atoms with Crippen LogP contribution in [0.3, 0.4) is 0 Å².